The number of carboxylic acid groups (broad SMARTS) is 1. The molecule has 2 rings (SSSR count). The lowest BCUT2D eigenvalue weighted by atomic mass is 10.1. The number of hydrogen-bond acceptors (Lipinski definition) is 2. The van der Waals surface area contributed by atoms with Crippen LogP contribution in [-0.4, -0.2) is 46.7 Å². The number of alkyl halides is 3. The fourth-order valence-corrected chi connectivity index (χ4v) is 2.52. The van der Waals surface area contributed by atoms with Gasteiger partial charge < -0.3 is 10.0 Å². The van der Waals surface area contributed by atoms with Crippen molar-refractivity contribution in [3.63, 3.8) is 0 Å². The zero-order chi connectivity index (χ0) is 15.6. The van der Waals surface area contributed by atoms with Gasteiger partial charge in [-0.3, -0.25) is 4.90 Å². The predicted molar refractivity (Wildman–Crippen MR) is 70.9 cm³/mol. The summed E-state index contributed by atoms with van der Waals surface area (Å²) in [7, 11) is 0. The standard InChI is InChI=1S/C14H17F3N2O2/c1-10-8-18(6-7-19(10)13(20)21)9-11-2-4-12(5-3-11)14(15,16)17/h2-5,10H,6-9H2,1H3,(H,20,21)/t10-/m1/s1. The number of rotatable bonds is 2. The van der Waals surface area contributed by atoms with Crippen LogP contribution in [0.2, 0.25) is 0 Å². The zero-order valence-corrected chi connectivity index (χ0v) is 11.6. The van der Waals surface area contributed by atoms with Crippen molar-refractivity contribution in [2.75, 3.05) is 19.6 Å². The molecular formula is C14H17F3N2O2. The lowest BCUT2D eigenvalue weighted by molar-refractivity contribution is -0.137. The second kappa shape index (κ2) is 5.93. The van der Waals surface area contributed by atoms with Gasteiger partial charge in [0.25, 0.3) is 0 Å². The first kappa shape index (κ1) is 15.6. The Bertz CT molecular complexity index is 502. The molecular weight excluding hydrogens is 285 g/mol. The van der Waals surface area contributed by atoms with Crippen LogP contribution in [0.3, 0.4) is 0 Å². The molecule has 0 saturated carbocycles. The second-order valence-electron chi connectivity index (χ2n) is 5.25. The number of piperazine rings is 1. The smallest absolute Gasteiger partial charge is 0.416 e. The van der Waals surface area contributed by atoms with Gasteiger partial charge in [-0.25, -0.2) is 4.79 Å². The van der Waals surface area contributed by atoms with Gasteiger partial charge in [-0.1, -0.05) is 12.1 Å². The highest BCUT2D eigenvalue weighted by atomic mass is 19.4. The molecule has 4 nitrogen and oxygen atoms in total. The van der Waals surface area contributed by atoms with Crippen LogP contribution >= 0.6 is 0 Å². The highest BCUT2D eigenvalue weighted by Crippen LogP contribution is 2.29. The van der Waals surface area contributed by atoms with Gasteiger partial charge in [0.05, 0.1) is 5.56 Å². The number of carbonyl (C=O) groups is 1. The molecule has 21 heavy (non-hydrogen) atoms. The zero-order valence-electron chi connectivity index (χ0n) is 11.6. The lowest BCUT2D eigenvalue weighted by Gasteiger charge is -2.38. The van der Waals surface area contributed by atoms with Crippen molar-refractivity contribution in [3.05, 3.63) is 35.4 Å². The average Bonchev–Trinajstić information content (AvgIpc) is 2.38. The molecule has 1 saturated heterocycles. The fourth-order valence-electron chi connectivity index (χ4n) is 2.52. The third kappa shape index (κ3) is 3.87. The van der Waals surface area contributed by atoms with E-state index in [9.17, 15) is 18.0 Å². The first-order valence-corrected chi connectivity index (χ1v) is 6.65. The Balaban J connectivity index is 1.96. The first-order valence-electron chi connectivity index (χ1n) is 6.65. The first-order chi connectivity index (χ1) is 9.77. The van der Waals surface area contributed by atoms with Crippen molar-refractivity contribution in [1.82, 2.24) is 9.80 Å². The van der Waals surface area contributed by atoms with Crippen molar-refractivity contribution in [2.24, 2.45) is 0 Å². The molecule has 7 heteroatoms. The van der Waals surface area contributed by atoms with Crippen LogP contribution in [0.1, 0.15) is 18.1 Å². The molecule has 1 N–H and O–H groups in total. The van der Waals surface area contributed by atoms with Crippen LogP contribution in [0.25, 0.3) is 0 Å². The molecule has 1 heterocycles. The monoisotopic (exact) mass is 302 g/mol. The molecule has 0 radical (unpaired) electrons. The van der Waals surface area contributed by atoms with Gasteiger partial charge in [0.15, 0.2) is 0 Å². The van der Waals surface area contributed by atoms with Crippen LogP contribution in [0.4, 0.5) is 18.0 Å². The molecule has 1 aromatic rings. The van der Waals surface area contributed by atoms with Gasteiger partial charge in [0, 0.05) is 32.2 Å². The van der Waals surface area contributed by atoms with E-state index >= 15 is 0 Å². The lowest BCUT2D eigenvalue weighted by Crippen LogP contribution is -2.53. The quantitative estimate of drug-likeness (QED) is 0.913. The third-order valence-corrected chi connectivity index (χ3v) is 3.64. The van der Waals surface area contributed by atoms with Gasteiger partial charge in [0.1, 0.15) is 0 Å². The molecule has 1 amide bonds. The highest BCUT2D eigenvalue weighted by Gasteiger charge is 2.30. The topological polar surface area (TPSA) is 43.8 Å². The van der Waals surface area contributed by atoms with Gasteiger partial charge in [-0.05, 0) is 24.6 Å². The predicted octanol–water partition coefficient (Wildman–Crippen LogP) is 2.89. The molecule has 1 aliphatic heterocycles. The number of amides is 1. The van der Waals surface area contributed by atoms with Crippen LogP contribution < -0.4 is 0 Å². The van der Waals surface area contributed by atoms with Crippen molar-refractivity contribution in [1.29, 1.82) is 0 Å². The van der Waals surface area contributed by atoms with Gasteiger partial charge in [-0.15, -0.1) is 0 Å². The molecule has 0 aliphatic carbocycles. The largest absolute Gasteiger partial charge is 0.465 e. The van der Waals surface area contributed by atoms with Gasteiger partial charge in [-0.2, -0.15) is 13.2 Å². The van der Waals surface area contributed by atoms with E-state index in [-0.39, 0.29) is 6.04 Å². The van der Waals surface area contributed by atoms with Gasteiger partial charge in [0.2, 0.25) is 0 Å². The molecule has 0 spiro atoms. The second-order valence-corrected chi connectivity index (χ2v) is 5.25. The Morgan fingerprint density at radius 1 is 1.29 bits per heavy atom. The maximum atomic E-state index is 12.5. The van der Waals surface area contributed by atoms with E-state index in [4.69, 9.17) is 5.11 Å². The normalized spacial score (nSPS) is 20.6. The summed E-state index contributed by atoms with van der Waals surface area (Å²) in [6, 6.07) is 4.97. The molecule has 0 bridgehead atoms. The molecule has 1 aliphatic rings. The van der Waals surface area contributed by atoms with Crippen molar-refractivity contribution < 1.29 is 23.1 Å². The summed E-state index contributed by atoms with van der Waals surface area (Å²) in [5.74, 6) is 0. The summed E-state index contributed by atoms with van der Waals surface area (Å²) in [6.45, 7) is 3.92. The number of nitrogens with zero attached hydrogens (tertiary/aromatic N) is 2. The van der Waals surface area contributed by atoms with E-state index in [1.54, 1.807) is 0 Å². The fraction of sp³-hybridized carbons (Fsp3) is 0.500. The average molecular weight is 302 g/mol. The minimum atomic E-state index is -4.32. The molecule has 1 fully saturated rings. The maximum Gasteiger partial charge on any atom is 0.416 e. The van der Waals surface area contributed by atoms with E-state index in [0.717, 1.165) is 17.7 Å². The summed E-state index contributed by atoms with van der Waals surface area (Å²) >= 11 is 0. The van der Waals surface area contributed by atoms with Crippen LogP contribution in [0.15, 0.2) is 24.3 Å². The van der Waals surface area contributed by atoms with E-state index < -0.39 is 17.8 Å². The number of benzene rings is 1. The van der Waals surface area contributed by atoms with Crippen LogP contribution in [-0.2, 0) is 12.7 Å². The van der Waals surface area contributed by atoms with Crippen molar-refractivity contribution in [2.45, 2.75) is 25.7 Å². The Hall–Kier alpha value is -1.76. The molecule has 0 unspecified atom stereocenters. The highest BCUT2D eigenvalue weighted by molar-refractivity contribution is 5.65. The van der Waals surface area contributed by atoms with Crippen molar-refractivity contribution >= 4 is 6.09 Å². The Morgan fingerprint density at radius 2 is 1.90 bits per heavy atom. The Morgan fingerprint density at radius 3 is 2.38 bits per heavy atom. The van der Waals surface area contributed by atoms with E-state index in [2.05, 4.69) is 0 Å². The molecule has 0 aromatic heterocycles. The molecule has 116 valence electrons. The minimum absolute atomic E-state index is 0.120. The minimum Gasteiger partial charge on any atom is -0.465 e. The van der Waals surface area contributed by atoms with Gasteiger partial charge >= 0.3 is 12.3 Å². The summed E-state index contributed by atoms with van der Waals surface area (Å²) < 4.78 is 37.4. The Labute approximate surface area is 120 Å². The molecule has 1 atom stereocenters. The molecule has 1 aromatic carbocycles. The summed E-state index contributed by atoms with van der Waals surface area (Å²) in [4.78, 5) is 14.4. The van der Waals surface area contributed by atoms with Crippen LogP contribution in [0.5, 0.6) is 0 Å². The summed E-state index contributed by atoms with van der Waals surface area (Å²) in [6.07, 6.45) is -5.25. The van der Waals surface area contributed by atoms with E-state index in [0.29, 0.717) is 26.2 Å². The van der Waals surface area contributed by atoms with E-state index in [1.807, 2.05) is 11.8 Å². The van der Waals surface area contributed by atoms with Crippen LogP contribution in [0, 0.1) is 0 Å². The Kier molecular flexibility index (Phi) is 4.41. The summed E-state index contributed by atoms with van der Waals surface area (Å²) in [5.41, 5.74) is 0.134. The van der Waals surface area contributed by atoms with Crippen molar-refractivity contribution in [3.8, 4) is 0 Å². The van der Waals surface area contributed by atoms with E-state index in [1.165, 1.54) is 17.0 Å². The number of halogens is 3. The number of hydrogen-bond donors (Lipinski definition) is 1. The SMILES string of the molecule is C[C@@H]1CN(Cc2ccc(C(F)(F)F)cc2)CCN1C(=O)O. The summed E-state index contributed by atoms with van der Waals surface area (Å²) in [5, 5.41) is 8.99. The third-order valence-electron chi connectivity index (χ3n) is 3.64. The maximum absolute atomic E-state index is 12.5.